The number of halogens is 3. The third kappa shape index (κ3) is 7.63. The van der Waals surface area contributed by atoms with Gasteiger partial charge in [0.2, 0.25) is 5.91 Å². The van der Waals surface area contributed by atoms with E-state index >= 15 is 8.78 Å². The number of fused-ring (bicyclic) bond motifs is 1. The van der Waals surface area contributed by atoms with Crippen LogP contribution in [-0.4, -0.2) is 62.2 Å². The molecule has 0 spiro atoms. The Balaban J connectivity index is 1.53. The summed E-state index contributed by atoms with van der Waals surface area (Å²) in [5.41, 5.74) is 4.05. The third-order valence-corrected chi connectivity index (χ3v) is 8.33. The molecule has 3 aromatic carbocycles. The van der Waals surface area contributed by atoms with Crippen LogP contribution in [-0.2, 0) is 26.2 Å². The van der Waals surface area contributed by atoms with Crippen LogP contribution in [0.3, 0.4) is 0 Å². The van der Waals surface area contributed by atoms with E-state index in [-0.39, 0.29) is 60.7 Å². The van der Waals surface area contributed by atoms with Gasteiger partial charge in [0.05, 0.1) is 23.7 Å². The van der Waals surface area contributed by atoms with Gasteiger partial charge < -0.3 is 34.3 Å². The highest BCUT2D eigenvalue weighted by molar-refractivity contribution is 6.34. The zero-order valence-electron chi connectivity index (χ0n) is 26.9. The van der Waals surface area contributed by atoms with Gasteiger partial charge in [-0.2, -0.15) is 0 Å². The number of carbonyl (C=O) groups is 2. The summed E-state index contributed by atoms with van der Waals surface area (Å²) in [5.74, 6) is -2.93. The Labute approximate surface area is 277 Å². The third-order valence-electron chi connectivity index (χ3n) is 7.96. The summed E-state index contributed by atoms with van der Waals surface area (Å²) >= 11 is 6.58. The molecule has 252 valence electrons. The maximum atomic E-state index is 16.4. The summed E-state index contributed by atoms with van der Waals surface area (Å²) in [4.78, 5) is 27.0. The van der Waals surface area contributed by atoms with Crippen molar-refractivity contribution in [2.75, 3.05) is 33.4 Å². The van der Waals surface area contributed by atoms with Crippen LogP contribution in [0.4, 0.5) is 13.6 Å². The molecule has 2 N–H and O–H groups in total. The number of ether oxygens (including phenoxy) is 5. The quantitative estimate of drug-likeness (QED) is 0.231. The summed E-state index contributed by atoms with van der Waals surface area (Å²) in [7, 11) is 1.56. The monoisotopic (exact) mass is 672 g/mol. The van der Waals surface area contributed by atoms with Crippen LogP contribution in [0.25, 0.3) is 11.1 Å². The van der Waals surface area contributed by atoms with Gasteiger partial charge in [-0.05, 0) is 57.7 Å². The topological polar surface area (TPSA) is 110 Å². The summed E-state index contributed by atoms with van der Waals surface area (Å²) in [6, 6.07) is 12.8. The first-order valence-electron chi connectivity index (χ1n) is 15.5. The number of carbonyl (C=O) groups excluding carboxylic acids is 2. The van der Waals surface area contributed by atoms with Crippen LogP contribution in [0, 0.1) is 11.6 Å². The van der Waals surface area contributed by atoms with E-state index in [4.69, 9.17) is 41.0 Å². The minimum atomic E-state index is -1.25. The molecular weight excluding hydrogens is 634 g/mol. The van der Waals surface area contributed by atoms with Crippen molar-refractivity contribution < 1.29 is 42.1 Å². The normalized spacial score (nSPS) is 19.1. The van der Waals surface area contributed by atoms with Crippen LogP contribution in [0.1, 0.15) is 61.5 Å². The van der Waals surface area contributed by atoms with Crippen LogP contribution in [0.2, 0.25) is 5.02 Å². The lowest BCUT2D eigenvalue weighted by Gasteiger charge is -2.34. The lowest BCUT2D eigenvalue weighted by atomic mass is 9.85. The molecule has 0 aromatic heterocycles. The second-order valence-electron chi connectivity index (χ2n) is 12.7. The lowest BCUT2D eigenvalue weighted by Crippen LogP contribution is -2.46. The predicted octanol–water partition coefficient (Wildman–Crippen LogP) is 7.00. The van der Waals surface area contributed by atoms with Crippen LogP contribution in [0.5, 0.6) is 11.5 Å². The molecule has 5 rings (SSSR count). The molecule has 47 heavy (non-hydrogen) atoms. The van der Waals surface area contributed by atoms with E-state index < -0.39 is 39.9 Å². The van der Waals surface area contributed by atoms with Crippen molar-refractivity contribution in [3.63, 3.8) is 0 Å². The Kier molecular flexibility index (Phi) is 10.3. The fourth-order valence-corrected chi connectivity index (χ4v) is 6.12. The molecular formula is C35H39ClF2N2O7. The van der Waals surface area contributed by atoms with Crippen molar-refractivity contribution in [2.45, 2.75) is 63.9 Å². The number of amides is 2. The van der Waals surface area contributed by atoms with E-state index in [1.807, 2.05) is 18.2 Å². The summed E-state index contributed by atoms with van der Waals surface area (Å²) < 4.78 is 61.0. The minimum Gasteiger partial charge on any atom is -0.488 e. The van der Waals surface area contributed by atoms with Gasteiger partial charge in [-0.1, -0.05) is 41.9 Å². The number of hydrogen-bond donors (Lipinski definition) is 1. The molecule has 1 unspecified atom stereocenters. The molecule has 12 heteroatoms. The van der Waals surface area contributed by atoms with E-state index in [0.717, 1.165) is 25.3 Å². The summed E-state index contributed by atoms with van der Waals surface area (Å²) in [6.45, 7) is 5.98. The zero-order valence-corrected chi connectivity index (χ0v) is 27.6. The highest BCUT2D eigenvalue weighted by Gasteiger charge is 2.46. The highest BCUT2D eigenvalue weighted by Crippen LogP contribution is 2.51. The maximum absolute atomic E-state index is 16.4. The Morgan fingerprint density at radius 1 is 1.09 bits per heavy atom. The predicted molar refractivity (Wildman–Crippen MR) is 172 cm³/mol. The molecule has 0 radical (unpaired) electrons. The van der Waals surface area contributed by atoms with E-state index in [0.29, 0.717) is 17.7 Å². The molecule has 2 amide bonds. The maximum Gasteiger partial charge on any atom is 0.410 e. The van der Waals surface area contributed by atoms with Gasteiger partial charge in [-0.3, -0.25) is 4.79 Å². The molecule has 2 atom stereocenters. The van der Waals surface area contributed by atoms with Crippen molar-refractivity contribution in [1.29, 1.82) is 0 Å². The molecule has 2 aliphatic heterocycles. The van der Waals surface area contributed by atoms with Crippen molar-refractivity contribution >= 4 is 23.6 Å². The Bertz CT molecular complexity index is 1630. The zero-order chi connectivity index (χ0) is 33.9. The standard InChI is InChI=1S/C35H39ClF2N2O7/c1-34(2,3)47-33(42)40(4)20-35(21-10-6-5-7-11-21)19-23-26(46-35)18-24(37)30(36)28(23)29-22(32(39)41)13-14-25(31(29)38)43-16-17-45-27-12-8-9-15-44-27/h5-7,10-11,13-14,18,27H,8-9,12,15-17,19-20H2,1-4H3,(H2,39,41)/t27?,35-/m1/s1. The van der Waals surface area contributed by atoms with E-state index in [1.54, 1.807) is 40.0 Å². The first-order valence-corrected chi connectivity index (χ1v) is 15.9. The number of likely N-dealkylation sites (N-methyl/N-ethyl adjacent to an activating group) is 1. The van der Waals surface area contributed by atoms with E-state index in [9.17, 15) is 9.59 Å². The van der Waals surface area contributed by atoms with Gasteiger partial charge in [-0.15, -0.1) is 0 Å². The van der Waals surface area contributed by atoms with Crippen molar-refractivity contribution in [3.8, 4) is 22.6 Å². The molecule has 0 aliphatic carbocycles. The van der Waals surface area contributed by atoms with Crippen LogP contribution >= 0.6 is 11.6 Å². The van der Waals surface area contributed by atoms with Gasteiger partial charge in [0.1, 0.15) is 23.8 Å². The minimum absolute atomic E-state index is 0.0155. The highest BCUT2D eigenvalue weighted by atomic mass is 35.5. The summed E-state index contributed by atoms with van der Waals surface area (Å²) in [6.07, 6.45) is 1.81. The van der Waals surface area contributed by atoms with Gasteiger partial charge in [0.15, 0.2) is 23.5 Å². The number of rotatable bonds is 10. The first kappa shape index (κ1) is 34.4. The van der Waals surface area contributed by atoms with Crippen LogP contribution < -0.4 is 15.2 Å². The van der Waals surface area contributed by atoms with E-state index in [1.165, 1.54) is 17.0 Å². The average Bonchev–Trinajstić information content (AvgIpc) is 3.39. The average molecular weight is 673 g/mol. The molecule has 1 fully saturated rings. The Morgan fingerprint density at radius 2 is 1.83 bits per heavy atom. The van der Waals surface area contributed by atoms with Gasteiger partial charge >= 0.3 is 6.09 Å². The Morgan fingerprint density at radius 3 is 2.49 bits per heavy atom. The number of primary amides is 1. The molecule has 0 bridgehead atoms. The van der Waals surface area contributed by atoms with Crippen LogP contribution in [0.15, 0.2) is 48.5 Å². The fourth-order valence-electron chi connectivity index (χ4n) is 5.86. The molecule has 2 heterocycles. The number of nitrogens with zero attached hydrogens (tertiary/aromatic N) is 1. The smallest absolute Gasteiger partial charge is 0.410 e. The Hall–Kier alpha value is -3.93. The van der Waals surface area contributed by atoms with Crippen molar-refractivity contribution in [1.82, 2.24) is 4.90 Å². The second-order valence-corrected chi connectivity index (χ2v) is 13.1. The molecule has 3 aromatic rings. The van der Waals surface area contributed by atoms with E-state index in [2.05, 4.69) is 0 Å². The SMILES string of the molecule is CN(C[C@@]1(c2ccccc2)Cc2c(cc(F)c(Cl)c2-c2c(C(N)=O)ccc(OCCOC3CCCCO3)c2F)O1)C(=O)OC(C)(C)C. The van der Waals surface area contributed by atoms with Gasteiger partial charge in [0, 0.05) is 42.8 Å². The largest absolute Gasteiger partial charge is 0.488 e. The molecule has 2 aliphatic rings. The number of benzene rings is 3. The first-order chi connectivity index (χ1) is 22.3. The van der Waals surface area contributed by atoms with Gasteiger partial charge in [0.25, 0.3) is 0 Å². The van der Waals surface area contributed by atoms with Gasteiger partial charge in [-0.25, -0.2) is 13.6 Å². The lowest BCUT2D eigenvalue weighted by molar-refractivity contribution is -0.165. The van der Waals surface area contributed by atoms with Crippen molar-refractivity contribution in [3.05, 3.63) is 81.9 Å². The molecule has 1 saturated heterocycles. The van der Waals surface area contributed by atoms with Crippen molar-refractivity contribution in [2.24, 2.45) is 5.73 Å². The number of nitrogens with two attached hydrogens (primary N) is 1. The fraction of sp³-hybridized carbons (Fsp3) is 0.429. The molecule has 9 nitrogen and oxygen atoms in total. The second kappa shape index (κ2) is 14.0. The molecule has 0 saturated carbocycles. The number of hydrogen-bond acceptors (Lipinski definition) is 7. The summed E-state index contributed by atoms with van der Waals surface area (Å²) in [5, 5.41) is -0.423.